The first-order chi connectivity index (χ1) is 9.25. The van der Waals surface area contributed by atoms with Gasteiger partial charge in [0.2, 0.25) is 15.9 Å². The second-order valence-electron chi connectivity index (χ2n) is 4.60. The Morgan fingerprint density at radius 2 is 2.00 bits per heavy atom. The summed E-state index contributed by atoms with van der Waals surface area (Å²) in [5.41, 5.74) is -0.130. The largest absolute Gasteiger partial charge is 0.352 e. The van der Waals surface area contributed by atoms with Gasteiger partial charge in [-0.2, -0.15) is 0 Å². The Labute approximate surface area is 118 Å². The van der Waals surface area contributed by atoms with Crippen LogP contribution in [0.2, 0.25) is 0 Å². The Balaban J connectivity index is 2.99. The van der Waals surface area contributed by atoms with Crippen molar-refractivity contribution in [3.8, 4) is 0 Å². The molecule has 0 bridgehead atoms. The highest BCUT2D eigenvalue weighted by atomic mass is 32.2. The van der Waals surface area contributed by atoms with Crippen molar-refractivity contribution in [1.82, 2.24) is 5.32 Å². The number of halogens is 1. The standard InChI is InChI=1S/C13H19FN2O3S/c1-4-10(2)15-13(17)9-16(20(3,18)19)12-8-6-5-7-11(12)14/h5-8,10H,4,9H2,1-3H3,(H,15,17). The van der Waals surface area contributed by atoms with Crippen LogP contribution in [0.5, 0.6) is 0 Å². The highest BCUT2D eigenvalue weighted by Gasteiger charge is 2.23. The number of carbonyl (C=O) groups excluding carboxylic acids is 1. The van der Waals surface area contributed by atoms with Gasteiger partial charge in [-0.05, 0) is 25.5 Å². The third-order valence-corrected chi connectivity index (χ3v) is 3.95. The molecule has 1 atom stereocenters. The van der Waals surface area contributed by atoms with Crippen LogP contribution in [0.1, 0.15) is 20.3 Å². The zero-order chi connectivity index (χ0) is 15.3. The molecule has 1 aromatic carbocycles. The minimum absolute atomic E-state index is 0.0652. The van der Waals surface area contributed by atoms with Crippen LogP contribution in [-0.4, -0.2) is 33.2 Å². The van der Waals surface area contributed by atoms with Gasteiger partial charge in [0.15, 0.2) is 0 Å². The zero-order valence-electron chi connectivity index (χ0n) is 11.8. The normalized spacial score (nSPS) is 12.8. The molecule has 1 aromatic rings. The molecule has 0 saturated heterocycles. The summed E-state index contributed by atoms with van der Waals surface area (Å²) < 4.78 is 38.0. The van der Waals surface area contributed by atoms with Gasteiger partial charge in [-0.1, -0.05) is 19.1 Å². The summed E-state index contributed by atoms with van der Waals surface area (Å²) in [4.78, 5) is 11.8. The number of hydrogen-bond donors (Lipinski definition) is 1. The lowest BCUT2D eigenvalue weighted by molar-refractivity contribution is -0.120. The molecule has 112 valence electrons. The molecule has 0 aliphatic carbocycles. The average Bonchev–Trinajstić information content (AvgIpc) is 2.35. The van der Waals surface area contributed by atoms with E-state index in [1.54, 1.807) is 0 Å². The lowest BCUT2D eigenvalue weighted by atomic mass is 10.2. The molecular formula is C13H19FN2O3S. The van der Waals surface area contributed by atoms with Gasteiger partial charge in [0.1, 0.15) is 12.4 Å². The summed E-state index contributed by atoms with van der Waals surface area (Å²) >= 11 is 0. The van der Waals surface area contributed by atoms with E-state index in [0.717, 1.165) is 23.0 Å². The Bertz CT molecular complexity index is 575. The molecule has 1 unspecified atom stereocenters. The fourth-order valence-electron chi connectivity index (χ4n) is 1.59. The van der Waals surface area contributed by atoms with Crippen molar-refractivity contribution in [3.63, 3.8) is 0 Å². The van der Waals surface area contributed by atoms with Crippen molar-refractivity contribution >= 4 is 21.6 Å². The minimum atomic E-state index is -3.75. The lowest BCUT2D eigenvalue weighted by Crippen LogP contribution is -2.43. The van der Waals surface area contributed by atoms with Gasteiger partial charge < -0.3 is 5.32 Å². The van der Waals surface area contributed by atoms with Crippen LogP contribution in [0.15, 0.2) is 24.3 Å². The van der Waals surface area contributed by atoms with E-state index in [2.05, 4.69) is 5.32 Å². The summed E-state index contributed by atoms with van der Waals surface area (Å²) in [6.45, 7) is 3.27. The zero-order valence-corrected chi connectivity index (χ0v) is 12.6. The molecule has 5 nitrogen and oxygen atoms in total. The van der Waals surface area contributed by atoms with E-state index in [1.165, 1.54) is 18.2 Å². The Morgan fingerprint density at radius 1 is 1.40 bits per heavy atom. The fourth-order valence-corrected chi connectivity index (χ4v) is 2.45. The first-order valence-corrected chi connectivity index (χ1v) is 8.12. The van der Waals surface area contributed by atoms with Crippen LogP contribution in [0.3, 0.4) is 0 Å². The Hall–Kier alpha value is -1.63. The Kier molecular flexibility index (Phi) is 5.50. The number of hydrogen-bond acceptors (Lipinski definition) is 3. The van der Waals surface area contributed by atoms with Gasteiger partial charge in [0.05, 0.1) is 11.9 Å². The molecule has 1 rings (SSSR count). The number of para-hydroxylation sites is 1. The second kappa shape index (κ2) is 6.69. The number of anilines is 1. The van der Waals surface area contributed by atoms with E-state index in [4.69, 9.17) is 0 Å². The second-order valence-corrected chi connectivity index (χ2v) is 6.50. The van der Waals surface area contributed by atoms with Crippen molar-refractivity contribution in [2.45, 2.75) is 26.3 Å². The third kappa shape index (κ3) is 4.48. The van der Waals surface area contributed by atoms with Crippen molar-refractivity contribution < 1.29 is 17.6 Å². The molecule has 0 radical (unpaired) electrons. The monoisotopic (exact) mass is 302 g/mol. The van der Waals surface area contributed by atoms with E-state index in [0.29, 0.717) is 0 Å². The van der Waals surface area contributed by atoms with Gasteiger partial charge >= 0.3 is 0 Å². The van der Waals surface area contributed by atoms with Gasteiger partial charge in [-0.3, -0.25) is 9.10 Å². The van der Waals surface area contributed by atoms with Gasteiger partial charge in [-0.25, -0.2) is 12.8 Å². The van der Waals surface area contributed by atoms with E-state index in [-0.39, 0.29) is 11.7 Å². The van der Waals surface area contributed by atoms with E-state index < -0.39 is 28.3 Å². The van der Waals surface area contributed by atoms with Gasteiger partial charge in [0.25, 0.3) is 0 Å². The molecule has 0 spiro atoms. The quantitative estimate of drug-likeness (QED) is 0.866. The minimum Gasteiger partial charge on any atom is -0.352 e. The Morgan fingerprint density at radius 3 is 2.50 bits per heavy atom. The molecule has 0 aliphatic rings. The molecule has 0 saturated carbocycles. The SMILES string of the molecule is CCC(C)NC(=O)CN(c1ccccc1F)S(C)(=O)=O. The van der Waals surface area contributed by atoms with Gasteiger partial charge in [0, 0.05) is 6.04 Å². The van der Waals surface area contributed by atoms with E-state index in [9.17, 15) is 17.6 Å². The summed E-state index contributed by atoms with van der Waals surface area (Å²) in [5.74, 6) is -1.15. The predicted molar refractivity (Wildman–Crippen MR) is 76.5 cm³/mol. The van der Waals surface area contributed by atoms with E-state index in [1.807, 2.05) is 13.8 Å². The summed E-state index contributed by atoms with van der Waals surface area (Å²) in [6.07, 6.45) is 1.67. The summed E-state index contributed by atoms with van der Waals surface area (Å²) in [5, 5.41) is 2.65. The van der Waals surface area contributed by atoms with Crippen LogP contribution >= 0.6 is 0 Å². The maximum absolute atomic E-state index is 13.7. The number of nitrogens with zero attached hydrogens (tertiary/aromatic N) is 1. The first-order valence-electron chi connectivity index (χ1n) is 6.27. The highest BCUT2D eigenvalue weighted by Crippen LogP contribution is 2.20. The molecule has 0 heterocycles. The molecule has 0 aromatic heterocycles. The molecule has 0 fully saturated rings. The molecule has 1 amide bonds. The van der Waals surface area contributed by atoms with Gasteiger partial charge in [-0.15, -0.1) is 0 Å². The van der Waals surface area contributed by atoms with Crippen LogP contribution in [-0.2, 0) is 14.8 Å². The maximum atomic E-state index is 13.7. The fraction of sp³-hybridized carbons (Fsp3) is 0.462. The molecule has 20 heavy (non-hydrogen) atoms. The number of amides is 1. The van der Waals surface area contributed by atoms with Crippen LogP contribution < -0.4 is 9.62 Å². The highest BCUT2D eigenvalue weighted by molar-refractivity contribution is 7.92. The van der Waals surface area contributed by atoms with Crippen molar-refractivity contribution in [1.29, 1.82) is 0 Å². The molecular weight excluding hydrogens is 283 g/mol. The number of benzene rings is 1. The van der Waals surface area contributed by atoms with E-state index >= 15 is 0 Å². The number of rotatable bonds is 6. The maximum Gasteiger partial charge on any atom is 0.240 e. The van der Waals surface area contributed by atoms with Crippen molar-refractivity contribution in [2.24, 2.45) is 0 Å². The average molecular weight is 302 g/mol. The number of sulfonamides is 1. The lowest BCUT2D eigenvalue weighted by Gasteiger charge is -2.23. The first kappa shape index (κ1) is 16.4. The number of nitrogens with one attached hydrogen (secondary N) is 1. The van der Waals surface area contributed by atoms with Crippen LogP contribution in [0, 0.1) is 5.82 Å². The molecule has 7 heteroatoms. The molecule has 1 N–H and O–H groups in total. The topological polar surface area (TPSA) is 66.5 Å². The summed E-state index contributed by atoms with van der Waals surface area (Å²) in [6, 6.07) is 5.39. The van der Waals surface area contributed by atoms with Crippen LogP contribution in [0.25, 0.3) is 0 Å². The van der Waals surface area contributed by atoms with Crippen LogP contribution in [0.4, 0.5) is 10.1 Å². The smallest absolute Gasteiger partial charge is 0.240 e. The third-order valence-electron chi connectivity index (χ3n) is 2.83. The number of carbonyl (C=O) groups is 1. The van der Waals surface area contributed by atoms with Crippen molar-refractivity contribution in [3.05, 3.63) is 30.1 Å². The predicted octanol–water partition coefficient (Wildman–Crippen LogP) is 1.51. The van der Waals surface area contributed by atoms with Crippen molar-refractivity contribution in [2.75, 3.05) is 17.1 Å². The molecule has 0 aliphatic heterocycles. The summed E-state index contributed by atoms with van der Waals surface area (Å²) in [7, 11) is -3.75.